The summed E-state index contributed by atoms with van der Waals surface area (Å²) in [5.74, 6) is -0.423. The van der Waals surface area contributed by atoms with E-state index in [0.717, 1.165) is 12.8 Å². The van der Waals surface area contributed by atoms with Gasteiger partial charge in [-0.1, -0.05) is 15.9 Å². The minimum absolute atomic E-state index is 0.0583. The summed E-state index contributed by atoms with van der Waals surface area (Å²) >= 11 is 3.27. The number of nitrogens with two attached hydrogens (primary N) is 1. The van der Waals surface area contributed by atoms with Crippen molar-refractivity contribution in [3.05, 3.63) is 34.1 Å². The molecule has 1 aromatic carbocycles. The van der Waals surface area contributed by atoms with E-state index in [1.54, 1.807) is 11.0 Å². The fourth-order valence-electron chi connectivity index (χ4n) is 2.46. The Balaban J connectivity index is 2.17. The molecule has 0 radical (unpaired) electrons. The van der Waals surface area contributed by atoms with Crippen molar-refractivity contribution in [1.29, 1.82) is 0 Å². The molecule has 0 spiro atoms. The summed E-state index contributed by atoms with van der Waals surface area (Å²) in [6.45, 7) is 3.24. The van der Waals surface area contributed by atoms with Crippen LogP contribution in [-0.4, -0.2) is 29.9 Å². The lowest BCUT2D eigenvalue weighted by Crippen LogP contribution is -2.45. The van der Waals surface area contributed by atoms with Gasteiger partial charge in [-0.3, -0.25) is 4.79 Å². The van der Waals surface area contributed by atoms with Gasteiger partial charge in [0.05, 0.1) is 5.56 Å². The van der Waals surface area contributed by atoms with Crippen LogP contribution in [0.1, 0.15) is 30.1 Å². The Morgan fingerprint density at radius 1 is 1.58 bits per heavy atom. The van der Waals surface area contributed by atoms with E-state index in [1.165, 1.54) is 12.1 Å². The summed E-state index contributed by atoms with van der Waals surface area (Å²) < 4.78 is 14.4. The number of carbonyl (C=O) groups is 1. The topological polar surface area (TPSA) is 46.3 Å². The van der Waals surface area contributed by atoms with Crippen molar-refractivity contribution in [3.8, 4) is 0 Å². The molecule has 2 atom stereocenters. The first kappa shape index (κ1) is 14.5. The first-order valence-electron chi connectivity index (χ1n) is 6.49. The number of nitrogens with zero attached hydrogens (tertiary/aromatic N) is 1. The summed E-state index contributed by atoms with van der Waals surface area (Å²) in [5, 5.41) is 0. The molecule has 1 amide bonds. The van der Waals surface area contributed by atoms with E-state index in [9.17, 15) is 9.18 Å². The van der Waals surface area contributed by atoms with Gasteiger partial charge >= 0.3 is 0 Å². The SMILES string of the molecule is C[C@@H](N)[C@@H]1CCCN(C(=O)c2cc(Br)ccc2F)C1. The molecule has 1 aliphatic heterocycles. The van der Waals surface area contributed by atoms with Crippen LogP contribution in [-0.2, 0) is 0 Å². The third kappa shape index (κ3) is 3.34. The van der Waals surface area contributed by atoms with Crippen molar-refractivity contribution < 1.29 is 9.18 Å². The minimum Gasteiger partial charge on any atom is -0.338 e. The molecule has 0 aromatic heterocycles. The lowest BCUT2D eigenvalue weighted by Gasteiger charge is -2.34. The second-order valence-corrected chi connectivity index (χ2v) is 6.05. The van der Waals surface area contributed by atoms with Crippen LogP contribution in [0, 0.1) is 11.7 Å². The first-order chi connectivity index (χ1) is 8.99. The first-order valence-corrected chi connectivity index (χ1v) is 7.28. The second-order valence-electron chi connectivity index (χ2n) is 5.14. The molecule has 104 valence electrons. The van der Waals surface area contributed by atoms with Crippen LogP contribution in [0.25, 0.3) is 0 Å². The fraction of sp³-hybridized carbons (Fsp3) is 0.500. The van der Waals surface area contributed by atoms with E-state index in [-0.39, 0.29) is 17.5 Å². The molecule has 1 saturated heterocycles. The highest BCUT2D eigenvalue weighted by Gasteiger charge is 2.27. The van der Waals surface area contributed by atoms with Crippen molar-refractivity contribution in [1.82, 2.24) is 4.90 Å². The number of hydrogen-bond acceptors (Lipinski definition) is 2. The number of carbonyl (C=O) groups excluding carboxylic acids is 1. The van der Waals surface area contributed by atoms with Crippen LogP contribution >= 0.6 is 15.9 Å². The van der Waals surface area contributed by atoms with Gasteiger partial charge in [0, 0.05) is 23.6 Å². The molecule has 1 aromatic rings. The Bertz CT molecular complexity index is 479. The molecule has 0 saturated carbocycles. The highest BCUT2D eigenvalue weighted by molar-refractivity contribution is 9.10. The van der Waals surface area contributed by atoms with E-state index in [0.29, 0.717) is 23.5 Å². The second kappa shape index (κ2) is 6.01. The maximum absolute atomic E-state index is 13.7. The van der Waals surface area contributed by atoms with Gasteiger partial charge in [0.15, 0.2) is 0 Å². The summed E-state index contributed by atoms with van der Waals surface area (Å²) in [5.41, 5.74) is 6.03. The van der Waals surface area contributed by atoms with Crippen LogP contribution in [0.5, 0.6) is 0 Å². The quantitative estimate of drug-likeness (QED) is 0.907. The molecule has 0 unspecified atom stereocenters. The highest BCUT2D eigenvalue weighted by Crippen LogP contribution is 2.23. The zero-order valence-corrected chi connectivity index (χ0v) is 12.5. The van der Waals surface area contributed by atoms with Crippen molar-refractivity contribution in [3.63, 3.8) is 0 Å². The zero-order chi connectivity index (χ0) is 14.0. The van der Waals surface area contributed by atoms with Gasteiger partial charge in [0.2, 0.25) is 0 Å². The lowest BCUT2D eigenvalue weighted by molar-refractivity contribution is 0.0656. The standard InChI is InChI=1S/C14H18BrFN2O/c1-9(17)10-3-2-6-18(8-10)14(19)12-7-11(15)4-5-13(12)16/h4-5,7,9-10H,2-3,6,8,17H2,1H3/t9-,10-/m1/s1. The Morgan fingerprint density at radius 3 is 3.00 bits per heavy atom. The Hall–Kier alpha value is -0.940. The fourth-order valence-corrected chi connectivity index (χ4v) is 2.82. The molecule has 1 fully saturated rings. The number of halogens is 2. The average molecular weight is 329 g/mol. The maximum atomic E-state index is 13.7. The molecular formula is C14H18BrFN2O. The van der Waals surface area contributed by atoms with E-state index >= 15 is 0 Å². The van der Waals surface area contributed by atoms with E-state index in [4.69, 9.17) is 5.73 Å². The van der Waals surface area contributed by atoms with E-state index in [1.807, 2.05) is 6.92 Å². The average Bonchev–Trinajstić information content (AvgIpc) is 2.41. The van der Waals surface area contributed by atoms with Gasteiger partial charge in [0.1, 0.15) is 5.82 Å². The Kier molecular flexibility index (Phi) is 4.58. The summed E-state index contributed by atoms with van der Waals surface area (Å²) in [7, 11) is 0. The largest absolute Gasteiger partial charge is 0.338 e. The van der Waals surface area contributed by atoms with Gasteiger partial charge in [-0.15, -0.1) is 0 Å². The monoisotopic (exact) mass is 328 g/mol. The number of amides is 1. The third-order valence-electron chi connectivity index (χ3n) is 3.65. The van der Waals surface area contributed by atoms with Crippen molar-refractivity contribution in [2.24, 2.45) is 11.7 Å². The zero-order valence-electron chi connectivity index (χ0n) is 10.9. The van der Waals surface area contributed by atoms with Crippen molar-refractivity contribution in [2.45, 2.75) is 25.8 Å². The van der Waals surface area contributed by atoms with Crippen LogP contribution in [0.3, 0.4) is 0 Å². The summed E-state index contributed by atoms with van der Waals surface area (Å²) in [6, 6.07) is 4.49. The molecule has 2 rings (SSSR count). The molecule has 1 aliphatic rings. The van der Waals surface area contributed by atoms with Crippen LogP contribution in [0.4, 0.5) is 4.39 Å². The molecular weight excluding hydrogens is 311 g/mol. The number of piperidine rings is 1. The Labute approximate surface area is 121 Å². The van der Waals surface area contributed by atoms with Gasteiger partial charge in [-0.05, 0) is 43.9 Å². The lowest BCUT2D eigenvalue weighted by atomic mass is 9.92. The van der Waals surface area contributed by atoms with E-state index in [2.05, 4.69) is 15.9 Å². The molecule has 5 heteroatoms. The van der Waals surface area contributed by atoms with E-state index < -0.39 is 5.82 Å². The highest BCUT2D eigenvalue weighted by atomic mass is 79.9. The smallest absolute Gasteiger partial charge is 0.256 e. The number of hydrogen-bond donors (Lipinski definition) is 1. The summed E-state index contributed by atoms with van der Waals surface area (Å²) in [6.07, 6.45) is 1.95. The normalized spacial score (nSPS) is 21.3. The summed E-state index contributed by atoms with van der Waals surface area (Å²) in [4.78, 5) is 14.1. The van der Waals surface area contributed by atoms with Gasteiger partial charge < -0.3 is 10.6 Å². The van der Waals surface area contributed by atoms with Crippen molar-refractivity contribution in [2.75, 3.05) is 13.1 Å². The van der Waals surface area contributed by atoms with Gasteiger partial charge in [0.25, 0.3) is 5.91 Å². The molecule has 0 bridgehead atoms. The van der Waals surface area contributed by atoms with Gasteiger partial charge in [-0.25, -0.2) is 4.39 Å². The molecule has 3 nitrogen and oxygen atoms in total. The maximum Gasteiger partial charge on any atom is 0.256 e. The predicted octanol–water partition coefficient (Wildman–Crippen LogP) is 2.79. The minimum atomic E-state index is -0.476. The number of rotatable bonds is 2. The van der Waals surface area contributed by atoms with Crippen LogP contribution < -0.4 is 5.73 Å². The number of benzene rings is 1. The van der Waals surface area contributed by atoms with Gasteiger partial charge in [-0.2, -0.15) is 0 Å². The van der Waals surface area contributed by atoms with Crippen LogP contribution in [0.15, 0.2) is 22.7 Å². The predicted molar refractivity (Wildman–Crippen MR) is 76.4 cm³/mol. The Morgan fingerprint density at radius 2 is 2.32 bits per heavy atom. The third-order valence-corrected chi connectivity index (χ3v) is 4.14. The number of likely N-dealkylation sites (tertiary alicyclic amines) is 1. The molecule has 1 heterocycles. The van der Waals surface area contributed by atoms with Crippen molar-refractivity contribution >= 4 is 21.8 Å². The molecule has 0 aliphatic carbocycles. The molecule has 19 heavy (non-hydrogen) atoms. The van der Waals surface area contributed by atoms with Crippen LogP contribution in [0.2, 0.25) is 0 Å². The molecule has 2 N–H and O–H groups in total.